The van der Waals surface area contributed by atoms with E-state index in [-0.39, 0.29) is 18.5 Å². The lowest BCUT2D eigenvalue weighted by Gasteiger charge is -2.41. The molecule has 2 heterocycles. The predicted molar refractivity (Wildman–Crippen MR) is 109 cm³/mol. The lowest BCUT2D eigenvalue weighted by molar-refractivity contribution is 0.0495. The number of fused-ring (bicyclic) bond motifs is 1. The van der Waals surface area contributed by atoms with E-state index in [9.17, 15) is 9.50 Å². The molecular weight excluding hydrogens is 353 g/mol. The molecule has 1 aliphatic rings. The minimum absolute atomic E-state index is 0.145. The molecule has 4 rings (SSSR count). The normalized spacial score (nSPS) is 18.6. The van der Waals surface area contributed by atoms with Gasteiger partial charge in [0.2, 0.25) is 0 Å². The van der Waals surface area contributed by atoms with Crippen molar-refractivity contribution in [1.29, 1.82) is 0 Å². The molecule has 1 atom stereocenters. The van der Waals surface area contributed by atoms with Crippen molar-refractivity contribution in [3.05, 3.63) is 77.9 Å². The topological polar surface area (TPSA) is 39.6 Å². The van der Waals surface area contributed by atoms with Crippen molar-refractivity contribution in [3.8, 4) is 0 Å². The highest BCUT2D eigenvalue weighted by Gasteiger charge is 2.27. The van der Waals surface area contributed by atoms with E-state index in [1.807, 2.05) is 24.5 Å². The Hall–Kier alpha value is -2.34. The van der Waals surface area contributed by atoms with E-state index in [0.717, 1.165) is 37.1 Å². The summed E-state index contributed by atoms with van der Waals surface area (Å²) >= 11 is 0. The highest BCUT2D eigenvalue weighted by molar-refractivity contribution is 5.84. The number of pyridine rings is 1. The number of aromatic nitrogens is 1. The van der Waals surface area contributed by atoms with Gasteiger partial charge < -0.3 is 5.11 Å². The molecule has 1 aliphatic heterocycles. The van der Waals surface area contributed by atoms with Crippen LogP contribution in [0.15, 0.2) is 60.9 Å². The number of rotatable bonds is 6. The second kappa shape index (κ2) is 8.78. The lowest BCUT2D eigenvalue weighted by Crippen LogP contribution is -2.52. The maximum Gasteiger partial charge on any atom is 0.127 e. The summed E-state index contributed by atoms with van der Waals surface area (Å²) in [7, 11) is 0. The Morgan fingerprint density at radius 3 is 2.71 bits per heavy atom. The first-order chi connectivity index (χ1) is 13.7. The third kappa shape index (κ3) is 4.22. The number of aliphatic hydroxyl groups is 1. The van der Waals surface area contributed by atoms with Gasteiger partial charge in [0, 0.05) is 68.7 Å². The predicted octanol–water partition coefficient (Wildman–Crippen LogP) is 3.44. The number of benzene rings is 2. The van der Waals surface area contributed by atoms with Crippen LogP contribution in [0.1, 0.15) is 17.5 Å². The van der Waals surface area contributed by atoms with E-state index in [1.54, 1.807) is 6.07 Å². The van der Waals surface area contributed by atoms with Crippen LogP contribution in [0, 0.1) is 5.82 Å². The summed E-state index contributed by atoms with van der Waals surface area (Å²) in [5.74, 6) is -0.156. The van der Waals surface area contributed by atoms with Gasteiger partial charge in [0.25, 0.3) is 0 Å². The van der Waals surface area contributed by atoms with Crippen molar-refractivity contribution in [2.45, 2.75) is 25.6 Å². The molecular formula is C23H26FN3O. The molecule has 146 valence electrons. The molecule has 0 saturated carbocycles. The molecule has 1 fully saturated rings. The monoisotopic (exact) mass is 379 g/mol. The first kappa shape index (κ1) is 19.0. The minimum Gasteiger partial charge on any atom is -0.396 e. The van der Waals surface area contributed by atoms with Gasteiger partial charge in [0.15, 0.2) is 0 Å². The zero-order valence-corrected chi connectivity index (χ0v) is 16.0. The first-order valence-corrected chi connectivity index (χ1v) is 9.87. The maximum atomic E-state index is 14.1. The average Bonchev–Trinajstić information content (AvgIpc) is 2.72. The van der Waals surface area contributed by atoms with Crippen LogP contribution in [0.4, 0.5) is 4.39 Å². The number of halogens is 1. The van der Waals surface area contributed by atoms with E-state index < -0.39 is 0 Å². The van der Waals surface area contributed by atoms with Gasteiger partial charge >= 0.3 is 0 Å². The zero-order chi connectivity index (χ0) is 19.3. The molecule has 1 saturated heterocycles. The van der Waals surface area contributed by atoms with Crippen molar-refractivity contribution in [2.24, 2.45) is 0 Å². The highest BCUT2D eigenvalue weighted by atomic mass is 19.1. The largest absolute Gasteiger partial charge is 0.396 e. The van der Waals surface area contributed by atoms with Crippen LogP contribution in [0.5, 0.6) is 0 Å². The molecule has 0 aliphatic carbocycles. The summed E-state index contributed by atoms with van der Waals surface area (Å²) in [6.07, 6.45) is 4.44. The van der Waals surface area contributed by atoms with Crippen LogP contribution in [0.25, 0.3) is 10.8 Å². The van der Waals surface area contributed by atoms with Crippen molar-refractivity contribution < 1.29 is 9.50 Å². The quantitative estimate of drug-likeness (QED) is 0.712. The maximum absolute atomic E-state index is 14.1. The van der Waals surface area contributed by atoms with Crippen LogP contribution in [0.2, 0.25) is 0 Å². The molecule has 3 aromatic rings. The molecule has 5 heteroatoms. The van der Waals surface area contributed by atoms with E-state index in [2.05, 4.69) is 39.0 Å². The molecule has 4 nitrogen and oxygen atoms in total. The fourth-order valence-corrected chi connectivity index (χ4v) is 4.15. The number of hydrogen-bond donors (Lipinski definition) is 1. The Bertz CT molecular complexity index is 927. The zero-order valence-electron chi connectivity index (χ0n) is 16.0. The van der Waals surface area contributed by atoms with Crippen molar-refractivity contribution >= 4 is 10.8 Å². The Labute approximate surface area is 165 Å². The number of hydrogen-bond acceptors (Lipinski definition) is 4. The Balaban J connectivity index is 1.47. The summed E-state index contributed by atoms with van der Waals surface area (Å²) in [6.45, 7) is 4.27. The number of nitrogens with zero attached hydrogens (tertiary/aromatic N) is 3. The van der Waals surface area contributed by atoms with E-state index >= 15 is 0 Å². The lowest BCUT2D eigenvalue weighted by atomic mass is 10.0. The molecule has 28 heavy (non-hydrogen) atoms. The van der Waals surface area contributed by atoms with Crippen LogP contribution >= 0.6 is 0 Å². The molecule has 0 amide bonds. The smallest absolute Gasteiger partial charge is 0.127 e. The molecule has 1 N–H and O–H groups in total. The van der Waals surface area contributed by atoms with Gasteiger partial charge in [-0.05, 0) is 29.5 Å². The van der Waals surface area contributed by atoms with Gasteiger partial charge in [-0.2, -0.15) is 0 Å². The van der Waals surface area contributed by atoms with Gasteiger partial charge in [-0.25, -0.2) is 4.39 Å². The summed E-state index contributed by atoms with van der Waals surface area (Å²) in [6, 6.07) is 15.6. The first-order valence-electron chi connectivity index (χ1n) is 9.87. The van der Waals surface area contributed by atoms with Crippen molar-refractivity contribution in [3.63, 3.8) is 0 Å². The fraction of sp³-hybridized carbons (Fsp3) is 0.348. The van der Waals surface area contributed by atoms with Crippen LogP contribution in [0.3, 0.4) is 0 Å². The highest BCUT2D eigenvalue weighted by Crippen LogP contribution is 2.23. The summed E-state index contributed by atoms with van der Waals surface area (Å²) < 4.78 is 14.1. The van der Waals surface area contributed by atoms with Crippen molar-refractivity contribution in [1.82, 2.24) is 14.8 Å². The van der Waals surface area contributed by atoms with E-state index in [1.165, 1.54) is 17.0 Å². The van der Waals surface area contributed by atoms with Crippen LogP contribution in [-0.2, 0) is 13.1 Å². The van der Waals surface area contributed by atoms with Crippen LogP contribution in [-0.4, -0.2) is 52.2 Å². The SMILES string of the molecule is OCC[C@H]1CN(Cc2cccc3cnccc23)CCN1Cc1ccccc1F. The molecule has 0 radical (unpaired) electrons. The van der Waals surface area contributed by atoms with Gasteiger partial charge in [-0.3, -0.25) is 14.8 Å². The molecule has 0 bridgehead atoms. The van der Waals surface area contributed by atoms with Crippen molar-refractivity contribution in [2.75, 3.05) is 26.2 Å². The molecule has 1 aromatic heterocycles. The van der Waals surface area contributed by atoms with E-state index in [0.29, 0.717) is 13.0 Å². The van der Waals surface area contributed by atoms with E-state index in [4.69, 9.17) is 0 Å². The minimum atomic E-state index is -0.156. The van der Waals surface area contributed by atoms with Gasteiger partial charge in [0.05, 0.1) is 0 Å². The summed E-state index contributed by atoms with van der Waals surface area (Å²) in [5.41, 5.74) is 2.02. The Morgan fingerprint density at radius 1 is 1.00 bits per heavy atom. The average molecular weight is 379 g/mol. The van der Waals surface area contributed by atoms with Crippen LogP contribution < -0.4 is 0 Å². The summed E-state index contributed by atoms with van der Waals surface area (Å²) in [5, 5.41) is 11.9. The van der Waals surface area contributed by atoms with Gasteiger partial charge in [0.1, 0.15) is 5.82 Å². The standard InChI is InChI=1S/C23H26FN3O/c24-23-7-2-1-4-20(23)16-27-12-11-26(17-21(27)9-13-28)15-19-6-3-5-18-14-25-10-8-22(18)19/h1-8,10,14,21,28H,9,11-13,15-17H2/t21-/m0/s1. The molecule has 0 spiro atoms. The molecule has 0 unspecified atom stereocenters. The third-order valence-electron chi connectivity index (χ3n) is 5.65. The Kier molecular flexibility index (Phi) is 5.95. The third-order valence-corrected chi connectivity index (χ3v) is 5.65. The summed E-state index contributed by atoms with van der Waals surface area (Å²) in [4.78, 5) is 8.96. The second-order valence-corrected chi connectivity index (χ2v) is 7.48. The second-order valence-electron chi connectivity index (χ2n) is 7.48. The number of aliphatic hydroxyl groups excluding tert-OH is 1. The van der Waals surface area contributed by atoms with Gasteiger partial charge in [-0.1, -0.05) is 36.4 Å². The van der Waals surface area contributed by atoms with Gasteiger partial charge in [-0.15, -0.1) is 0 Å². The number of piperazine rings is 1. The Morgan fingerprint density at radius 2 is 1.86 bits per heavy atom. The molecule has 2 aromatic carbocycles. The fourth-order valence-electron chi connectivity index (χ4n) is 4.15.